The highest BCUT2D eigenvalue weighted by atomic mass is 28.3. The number of hydrogen-bond donors (Lipinski definition) is 0. The lowest BCUT2D eigenvalue weighted by atomic mass is 10.1. The van der Waals surface area contributed by atoms with E-state index in [2.05, 4.69) is 396 Å². The number of ether oxygens (including phenoxy) is 8. The maximum absolute atomic E-state index is 6.58. The van der Waals surface area contributed by atoms with Gasteiger partial charge >= 0.3 is 0 Å². The Balaban J connectivity index is 0.751. The zero-order valence-electron chi connectivity index (χ0n) is 78.1. The highest BCUT2D eigenvalue weighted by molar-refractivity contribution is 7.19. The van der Waals surface area contributed by atoms with Crippen LogP contribution in [0.15, 0.2) is 413 Å². The standard InChI is InChI=1S/C120H124N4O8Si/c1-121(2,81-105-65-109(125-85-97-33-17-9-18-34-97)73-110(66-105)126-86-98-35-19-10-20-36-98)77-93-49-57-117(58-50-93)133(118-59-51-94(52-60-118)78-122(3,4)82-106-67-111(127-87-99-37-21-11-22-38-99)74-112(68-106)128-88-100-39-23-12-24-40-100,119-61-53-95(54-62-119)79-123(5,6)83-107-69-113(129-89-101-41-25-13-26-42-101)75-114(70-107)130-90-102-43-27-14-28-44-102)120-63-55-96(56-64-120)80-124(7,8)84-108-71-115(131-91-103-45-29-15-30-46-103)76-116(72-108)132-92-104-47-31-16-32-48-104/h9-76H,77-92H2,1-8H3/q+4. The fourth-order valence-corrected chi connectivity index (χ4v) is 22.8. The molecule has 0 heterocycles. The number of rotatable bonds is 44. The predicted octanol–water partition coefficient (Wildman–Crippen LogP) is 22.8. The molecule has 0 spiro atoms. The Morgan fingerprint density at radius 2 is 0.271 bits per heavy atom. The van der Waals surface area contributed by atoms with Crippen LogP contribution in [0.1, 0.15) is 89.0 Å². The summed E-state index contributed by atoms with van der Waals surface area (Å²) >= 11 is 0. The minimum Gasteiger partial charge on any atom is -0.489 e. The van der Waals surface area contributed by atoms with Crippen LogP contribution in [0.3, 0.4) is 0 Å². The van der Waals surface area contributed by atoms with Gasteiger partial charge in [0, 0.05) is 68.8 Å². The first-order valence-corrected chi connectivity index (χ1v) is 48.2. The summed E-state index contributed by atoms with van der Waals surface area (Å²) in [7, 11) is 15.3. The molecule has 0 saturated heterocycles. The molecular weight excluding hydrogens is 1650 g/mol. The first kappa shape index (κ1) is 92.3. The van der Waals surface area contributed by atoms with Crippen molar-refractivity contribution in [1.82, 2.24) is 0 Å². The van der Waals surface area contributed by atoms with Gasteiger partial charge in [-0.2, -0.15) is 0 Å². The Hall–Kier alpha value is -14.0. The van der Waals surface area contributed by atoms with Crippen LogP contribution in [0.4, 0.5) is 0 Å². The topological polar surface area (TPSA) is 73.8 Å². The predicted molar refractivity (Wildman–Crippen MR) is 540 cm³/mol. The van der Waals surface area contributed by atoms with Gasteiger partial charge in [-0.1, -0.05) is 340 Å². The van der Waals surface area contributed by atoms with Gasteiger partial charge in [-0.3, -0.25) is 0 Å². The summed E-state index contributed by atoms with van der Waals surface area (Å²) in [6.45, 7) is 9.60. The van der Waals surface area contributed by atoms with E-state index < -0.39 is 8.07 Å². The Bertz CT molecular complexity index is 5310. The Morgan fingerprint density at radius 3 is 0.406 bits per heavy atom. The van der Waals surface area contributed by atoms with Crippen LogP contribution in [0.25, 0.3) is 0 Å². The lowest BCUT2D eigenvalue weighted by Gasteiger charge is -2.36. The van der Waals surface area contributed by atoms with Crippen molar-refractivity contribution in [3.05, 3.63) is 502 Å². The van der Waals surface area contributed by atoms with Gasteiger partial charge in [-0.15, -0.1) is 0 Å². The summed E-state index contributed by atoms with van der Waals surface area (Å²) in [6, 6.07) is 147. The molecular formula is C120H124N4O8Si+4. The molecule has 0 aliphatic heterocycles. The molecule has 0 bridgehead atoms. The molecule has 0 unspecified atom stereocenters. The van der Waals surface area contributed by atoms with Gasteiger partial charge in [0.25, 0.3) is 0 Å². The average Bonchev–Trinajstić information content (AvgIpc) is 0.728. The van der Waals surface area contributed by atoms with Crippen molar-refractivity contribution in [2.75, 3.05) is 56.4 Å². The van der Waals surface area contributed by atoms with Gasteiger partial charge in [-0.25, -0.2) is 0 Å². The molecule has 0 aliphatic rings. The van der Waals surface area contributed by atoms with Crippen molar-refractivity contribution in [2.24, 2.45) is 0 Å². The summed E-state index contributed by atoms with van der Waals surface area (Å²) in [6.07, 6.45) is 0. The van der Waals surface area contributed by atoms with E-state index in [9.17, 15) is 0 Å². The Morgan fingerprint density at radius 1 is 0.143 bits per heavy atom. The lowest BCUT2D eigenvalue weighted by molar-refractivity contribution is -0.916. The van der Waals surface area contributed by atoms with Crippen molar-refractivity contribution < 1.29 is 55.8 Å². The second kappa shape index (κ2) is 43.8. The van der Waals surface area contributed by atoms with Gasteiger partial charge < -0.3 is 55.8 Å². The number of benzene rings is 16. The SMILES string of the molecule is C[N+](C)(Cc1ccc([Si](c2ccc(C[N+](C)(C)Cc3cc(OCc4ccccc4)cc(OCc4ccccc4)c3)cc2)(c2ccc(C[N+](C)(C)Cc3cc(OCc4ccccc4)cc(OCc4ccccc4)c3)cc2)c2ccc(C[N+](C)(C)Cc3cc(OCc4ccccc4)cc(OCc4ccccc4)c3)cc2)cc1)Cc1cc(OCc2ccccc2)cc(OCc2ccccc2)c1. The fraction of sp³-hybridized carbons (Fsp3) is 0.200. The first-order valence-electron chi connectivity index (χ1n) is 46.2. The molecule has 13 heteroatoms. The summed E-state index contributed by atoms with van der Waals surface area (Å²) in [5.74, 6) is 6.22. The van der Waals surface area contributed by atoms with E-state index >= 15 is 0 Å². The molecule has 0 fully saturated rings. The number of hydrogen-bond acceptors (Lipinski definition) is 8. The summed E-state index contributed by atoms with van der Waals surface area (Å²) in [5, 5.41) is 5.17. The van der Waals surface area contributed by atoms with Crippen LogP contribution in [0.2, 0.25) is 0 Å². The van der Waals surface area contributed by atoms with E-state index in [0.717, 1.165) is 165 Å². The third-order valence-electron chi connectivity index (χ3n) is 24.2. The summed E-state index contributed by atoms with van der Waals surface area (Å²) in [4.78, 5) is 0. The van der Waals surface area contributed by atoms with Crippen LogP contribution >= 0.6 is 0 Å². The molecule has 0 saturated carbocycles. The van der Waals surface area contributed by atoms with Crippen LogP contribution in [0.5, 0.6) is 46.0 Å². The molecule has 12 nitrogen and oxygen atoms in total. The van der Waals surface area contributed by atoms with E-state index in [1.54, 1.807) is 0 Å². The Labute approximate surface area is 788 Å². The maximum Gasteiger partial charge on any atom is 0.179 e. The van der Waals surface area contributed by atoms with Gasteiger partial charge in [0.2, 0.25) is 0 Å². The molecule has 133 heavy (non-hydrogen) atoms. The van der Waals surface area contributed by atoms with Crippen LogP contribution < -0.4 is 58.6 Å². The molecule has 16 rings (SSSR count). The zero-order chi connectivity index (χ0) is 91.7. The highest BCUT2D eigenvalue weighted by Gasteiger charge is 2.42. The third kappa shape index (κ3) is 27.1. The van der Waals surface area contributed by atoms with Gasteiger partial charge in [0.1, 0.15) is 151 Å². The van der Waals surface area contributed by atoms with E-state index in [0.29, 0.717) is 70.8 Å². The van der Waals surface area contributed by atoms with Crippen LogP contribution in [0, 0.1) is 0 Å². The third-order valence-corrected chi connectivity index (χ3v) is 29.0. The number of nitrogens with zero attached hydrogens (tertiary/aromatic N) is 4. The maximum atomic E-state index is 6.58. The highest BCUT2D eigenvalue weighted by Crippen LogP contribution is 2.34. The first-order chi connectivity index (χ1) is 64.6. The van der Waals surface area contributed by atoms with Crippen LogP contribution in [-0.4, -0.2) is 82.4 Å². The molecule has 0 radical (unpaired) electrons. The van der Waals surface area contributed by atoms with E-state index in [-0.39, 0.29) is 0 Å². The normalized spacial score (nSPS) is 11.8. The Kier molecular flexibility index (Phi) is 30.4. The van der Waals surface area contributed by atoms with E-state index in [1.165, 1.54) is 43.0 Å². The van der Waals surface area contributed by atoms with Crippen molar-refractivity contribution in [2.45, 2.75) is 105 Å². The molecule has 0 atom stereocenters. The fourth-order valence-electron chi connectivity index (χ4n) is 18.1. The van der Waals surface area contributed by atoms with E-state index in [1.807, 2.05) is 72.8 Å². The smallest absolute Gasteiger partial charge is 0.179 e. The largest absolute Gasteiger partial charge is 0.489 e. The summed E-state index contributed by atoms with van der Waals surface area (Å²) < 4.78 is 55.4. The van der Waals surface area contributed by atoms with Gasteiger partial charge in [0.15, 0.2) is 8.07 Å². The minimum atomic E-state index is -3.31. The quantitative estimate of drug-likeness (QED) is 0.0212. The molecule has 0 aromatic heterocycles. The van der Waals surface area contributed by atoms with Crippen molar-refractivity contribution in [3.8, 4) is 46.0 Å². The second-order valence-electron chi connectivity index (χ2n) is 38.0. The van der Waals surface area contributed by atoms with Crippen LogP contribution in [-0.2, 0) is 105 Å². The van der Waals surface area contributed by atoms with Crippen molar-refractivity contribution >= 4 is 28.8 Å². The molecule has 16 aromatic rings. The molecule has 0 aliphatic carbocycles. The minimum absolute atomic E-state index is 0.449. The molecule has 0 N–H and O–H groups in total. The zero-order valence-corrected chi connectivity index (χ0v) is 79.1. The second-order valence-corrected chi connectivity index (χ2v) is 41.8. The van der Waals surface area contributed by atoms with Gasteiger partial charge in [-0.05, 0) is 114 Å². The molecule has 0 amide bonds. The molecule has 672 valence electrons. The molecule has 16 aromatic carbocycles. The van der Waals surface area contributed by atoms with E-state index in [4.69, 9.17) is 37.9 Å². The van der Waals surface area contributed by atoms with Gasteiger partial charge in [0.05, 0.1) is 56.4 Å². The van der Waals surface area contributed by atoms with Crippen molar-refractivity contribution in [3.63, 3.8) is 0 Å². The van der Waals surface area contributed by atoms with Crippen molar-refractivity contribution in [1.29, 1.82) is 0 Å². The lowest BCUT2D eigenvalue weighted by Crippen LogP contribution is -2.74. The monoisotopic (exact) mass is 1780 g/mol. The number of quaternary nitrogens is 4. The summed E-state index contributed by atoms with van der Waals surface area (Å²) in [5.41, 5.74) is 18.3. The average molecular weight is 1780 g/mol.